The number of hydrogen-bond donors (Lipinski definition) is 6. The molecule has 4 fully saturated rings. The molecule has 6 N–H and O–H groups in total. The Morgan fingerprint density at radius 2 is 0.779 bits per heavy atom. The third kappa shape index (κ3) is 18.9. The minimum Gasteiger partial charge on any atom is -0.395 e. The lowest BCUT2D eigenvalue weighted by Gasteiger charge is -2.34. The molecule has 17 rings (SSSR count). The van der Waals surface area contributed by atoms with Crippen LogP contribution >= 0.6 is 0 Å². The molecule has 0 radical (unpaired) electrons. The number of aliphatic hydroxyl groups is 1. The summed E-state index contributed by atoms with van der Waals surface area (Å²) in [5.74, 6) is 5.55. The number of carbonyl (C=O) groups excluding carboxylic acids is 5. The van der Waals surface area contributed by atoms with Gasteiger partial charge >= 0.3 is 0 Å². The molecule has 644 valence electrons. The lowest BCUT2D eigenvalue weighted by atomic mass is 9.91. The molecule has 29 heteroatoms. The lowest BCUT2D eigenvalue weighted by Crippen LogP contribution is -2.45. The van der Waals surface area contributed by atoms with Gasteiger partial charge in [0.15, 0.2) is 23.3 Å². The summed E-state index contributed by atoms with van der Waals surface area (Å²) >= 11 is 0. The first-order chi connectivity index (χ1) is 58.4. The Morgan fingerprint density at radius 1 is 0.451 bits per heavy atom. The zero-order valence-corrected chi connectivity index (χ0v) is 73.4. The van der Waals surface area contributed by atoms with Gasteiger partial charge in [0, 0.05) is 144 Å². The number of nitrogens with one attached hydrogen (secondary N) is 5. The fourth-order valence-electron chi connectivity index (χ4n) is 18.3. The van der Waals surface area contributed by atoms with Crippen molar-refractivity contribution in [3.63, 3.8) is 0 Å². The number of benzene rings is 4. The maximum Gasteiger partial charge on any atom is 0.251 e. The smallest absolute Gasteiger partial charge is 0.251 e. The number of anilines is 17. The molecule has 4 aliphatic carbocycles. The van der Waals surface area contributed by atoms with Gasteiger partial charge in [-0.05, 0) is 186 Å². The summed E-state index contributed by atoms with van der Waals surface area (Å²) in [7, 11) is 9.28. The van der Waals surface area contributed by atoms with Crippen LogP contribution in [0, 0.1) is 21.7 Å². The molecule has 122 heavy (non-hydrogen) atoms. The molecular formula is C93H121N23O6. The van der Waals surface area contributed by atoms with Gasteiger partial charge < -0.3 is 75.8 Å². The summed E-state index contributed by atoms with van der Waals surface area (Å²) in [6.45, 7) is 25.5. The monoisotopic (exact) mass is 1660 g/mol. The maximum atomic E-state index is 13.1. The zero-order chi connectivity index (χ0) is 86.5. The number of aliphatic hydroxyl groups excluding tert-OH is 1. The Bertz CT molecular complexity index is 5150. The lowest BCUT2D eigenvalue weighted by molar-refractivity contribution is -0.126. The van der Waals surface area contributed by atoms with Gasteiger partial charge in [0.25, 0.3) is 5.91 Å². The topological polar surface area (TPSA) is 310 Å². The predicted molar refractivity (Wildman–Crippen MR) is 488 cm³/mol. The summed E-state index contributed by atoms with van der Waals surface area (Å²) in [5, 5.41) is 24.7. The van der Waals surface area contributed by atoms with Crippen LogP contribution in [0.2, 0.25) is 0 Å². The Morgan fingerprint density at radius 3 is 1.11 bits per heavy atom. The van der Waals surface area contributed by atoms with Gasteiger partial charge in [-0.25, -0.2) is 19.9 Å². The fraction of sp³-hybridized carbons (Fsp3) is 0.484. The van der Waals surface area contributed by atoms with Crippen LogP contribution < -0.4 is 70.7 Å². The molecule has 4 aromatic heterocycles. The standard InChI is InChI=1S/C25H34N6O.C24H32N6O3.C23H28N6O.C21H27N5O/c1-17(2)29(5)19-13-11-18(12-14-19)27-24-26-15-21-22(28-24)31(20-9-7-8-10-20)16-25(3,4)23(32)30(21)6;1-24(2)15-30(18-6-4-5-7-18)20-19(29(3)22(24)33)14-26-23(28-20)27-17-10-8-16(9-11-17)21(32)25-12-13-31;1-23(2)14-29(16-8-4-5-9-16)20-19(28(3)21(23)30)13-25-22(27-20)26-18-10-6-7-15-11-24-12-17(15)18;1-21(2)14-26(16-11-7-8-12-16)18-17(25(3)19(21)27)13-22-20(24-18)23-15-9-5-4-6-10-15/h11-15,20H,1,7-10,16H2,2-6H3,(H,26,27,28);8-11,14,18,31H,4-7,12-13,15H2,1-3H3,(H,25,32)(H,26,27,28);6-7,10-11,13,16H,4-5,8-9,12,14H2,1-3H3,(H,25,26,27);4-6,9-10,13,16H,7-8,11-12,14H2,1-3H3,(H,22,23,24). The van der Waals surface area contributed by atoms with Gasteiger partial charge in [-0.1, -0.05) is 88.3 Å². The Labute approximate surface area is 717 Å². The first-order valence-corrected chi connectivity index (χ1v) is 43.3. The highest BCUT2D eigenvalue weighted by Gasteiger charge is 2.47. The van der Waals surface area contributed by atoms with E-state index in [2.05, 4.69) is 83.8 Å². The number of para-hydroxylation sites is 1. The molecule has 0 bridgehead atoms. The number of rotatable bonds is 17. The molecule has 8 aromatic rings. The number of aliphatic imine (C=N–C) groups is 1. The average molecular weight is 1660 g/mol. The second-order valence-electron chi connectivity index (χ2n) is 36.5. The van der Waals surface area contributed by atoms with Crippen molar-refractivity contribution in [1.82, 2.24) is 45.2 Å². The molecule has 29 nitrogen and oxygen atoms in total. The summed E-state index contributed by atoms with van der Waals surface area (Å²) in [5.41, 5.74) is 9.54. The molecule has 0 spiro atoms. The largest absolute Gasteiger partial charge is 0.395 e. The van der Waals surface area contributed by atoms with E-state index in [9.17, 15) is 24.0 Å². The van der Waals surface area contributed by atoms with Crippen molar-refractivity contribution >= 4 is 134 Å². The summed E-state index contributed by atoms with van der Waals surface area (Å²) in [6, 6.07) is 32.8. The van der Waals surface area contributed by atoms with Crippen LogP contribution in [0.3, 0.4) is 0 Å². The van der Waals surface area contributed by atoms with Crippen LogP contribution in [0.25, 0.3) is 0 Å². The molecule has 0 atom stereocenters. The number of amides is 5. The molecule has 4 aromatic carbocycles. The van der Waals surface area contributed by atoms with E-state index >= 15 is 0 Å². The van der Waals surface area contributed by atoms with Crippen molar-refractivity contribution in [1.29, 1.82) is 0 Å². The molecule has 0 unspecified atom stereocenters. The van der Waals surface area contributed by atoms with E-state index in [1.807, 2.05) is 168 Å². The number of nitrogens with zero attached hydrogens (tertiary/aromatic N) is 18. The van der Waals surface area contributed by atoms with Crippen molar-refractivity contribution in [2.75, 3.05) is 140 Å². The van der Waals surface area contributed by atoms with Gasteiger partial charge in [0.05, 0.1) is 59.6 Å². The number of allylic oxidation sites excluding steroid dienone is 1. The summed E-state index contributed by atoms with van der Waals surface area (Å²) < 4.78 is 0. The first kappa shape index (κ1) is 86.5. The Kier molecular flexibility index (Phi) is 25.8. The average Bonchev–Trinajstić information content (AvgIpc) is 1.62. The van der Waals surface area contributed by atoms with Gasteiger partial charge in [-0.15, -0.1) is 0 Å². The second kappa shape index (κ2) is 36.4. The number of carbonyl (C=O) groups is 5. The zero-order valence-electron chi connectivity index (χ0n) is 73.4. The predicted octanol–water partition coefficient (Wildman–Crippen LogP) is 15.5. The molecule has 0 saturated heterocycles. The highest BCUT2D eigenvalue weighted by atomic mass is 16.3. The van der Waals surface area contributed by atoms with Crippen LogP contribution in [0.1, 0.15) is 187 Å². The Balaban J connectivity index is 0.000000133. The quantitative estimate of drug-likeness (QED) is 0.0493. The van der Waals surface area contributed by atoms with Gasteiger partial charge in [0.1, 0.15) is 22.7 Å². The minimum absolute atomic E-state index is 0.0589. The highest BCUT2D eigenvalue weighted by Crippen LogP contribution is 2.46. The van der Waals surface area contributed by atoms with Crippen LogP contribution in [-0.2, 0) is 25.7 Å². The normalized spacial score (nSPS) is 19.1. The SMILES string of the molecule is C=C(C)N(C)c1ccc(Nc2ncc3c(n2)N(C2CCCC2)CC(C)(C)C(=O)N3C)cc1.CN1C(=O)C(C)(C)CN(C2CCCC2)c2nc(Nc3ccc(C(=O)NCCO)cc3)ncc21.CN1C(=O)C(C)(C)CN(C2CCCC2)c2nc(Nc3cccc4c3CN=C4)ncc21.CN1C(=O)C(C)(C)CN(C2CCCC2)c2nc(Nc3ccccc3)ncc21. The van der Waals surface area contributed by atoms with Crippen molar-refractivity contribution in [2.45, 2.75) is 196 Å². The third-order valence-electron chi connectivity index (χ3n) is 25.2. The van der Waals surface area contributed by atoms with E-state index in [0.29, 0.717) is 86.2 Å². The first-order valence-electron chi connectivity index (χ1n) is 43.3. The number of fused-ring (bicyclic) bond motifs is 5. The second-order valence-corrected chi connectivity index (χ2v) is 36.5. The van der Waals surface area contributed by atoms with Crippen molar-refractivity contribution in [3.05, 3.63) is 151 Å². The maximum absolute atomic E-state index is 13.1. The van der Waals surface area contributed by atoms with E-state index in [0.717, 1.165) is 143 Å². The van der Waals surface area contributed by atoms with Crippen LogP contribution in [0.5, 0.6) is 0 Å². The van der Waals surface area contributed by atoms with E-state index in [1.54, 1.807) is 75.7 Å². The van der Waals surface area contributed by atoms with E-state index < -0.39 is 21.7 Å². The van der Waals surface area contributed by atoms with Crippen molar-refractivity contribution < 1.29 is 29.1 Å². The van der Waals surface area contributed by atoms with Crippen LogP contribution in [0.15, 0.2) is 139 Å². The van der Waals surface area contributed by atoms with E-state index in [4.69, 9.17) is 25.0 Å². The van der Waals surface area contributed by atoms with Gasteiger partial charge in [0.2, 0.25) is 47.4 Å². The molecule has 9 aliphatic rings. The van der Waals surface area contributed by atoms with Crippen molar-refractivity contribution in [2.24, 2.45) is 26.7 Å². The van der Waals surface area contributed by atoms with E-state index in [1.165, 1.54) is 51.4 Å². The summed E-state index contributed by atoms with van der Waals surface area (Å²) in [4.78, 5) is 125. The number of aromatic nitrogens is 8. The molecule has 9 heterocycles. The number of hydrogen-bond acceptors (Lipinski definition) is 24. The van der Waals surface area contributed by atoms with Crippen LogP contribution in [0.4, 0.5) is 98.3 Å². The fourth-order valence-corrected chi connectivity index (χ4v) is 18.3. The molecule has 5 aliphatic heterocycles. The van der Waals surface area contributed by atoms with Crippen LogP contribution in [-0.4, -0.2) is 179 Å². The van der Waals surface area contributed by atoms with E-state index in [-0.39, 0.29) is 42.7 Å². The summed E-state index contributed by atoms with van der Waals surface area (Å²) in [6.07, 6.45) is 27.8. The highest BCUT2D eigenvalue weighted by molar-refractivity contribution is 6.04. The van der Waals surface area contributed by atoms with Gasteiger partial charge in [-0.2, -0.15) is 19.9 Å². The molecular weight excluding hydrogens is 1540 g/mol. The van der Waals surface area contributed by atoms with Crippen molar-refractivity contribution in [3.8, 4) is 0 Å². The molecule has 4 saturated carbocycles. The minimum atomic E-state index is -0.530. The third-order valence-corrected chi connectivity index (χ3v) is 25.2. The molecule has 5 amide bonds. The Hall–Kier alpha value is -11.9. The van der Waals surface area contributed by atoms with Gasteiger partial charge in [-0.3, -0.25) is 29.0 Å².